The first kappa shape index (κ1) is 25.8. The minimum absolute atomic E-state index is 0.0875. The molecule has 8 nitrogen and oxygen atoms in total. The highest BCUT2D eigenvalue weighted by molar-refractivity contribution is 6.06. The van der Waals surface area contributed by atoms with Gasteiger partial charge in [-0.15, -0.1) is 0 Å². The van der Waals surface area contributed by atoms with Crippen LogP contribution in [-0.2, 0) is 11.3 Å². The van der Waals surface area contributed by atoms with Crippen LogP contribution in [0.4, 0.5) is 33.3 Å². The number of carbonyl (C=O) groups is 1. The number of rotatable bonds is 6. The lowest BCUT2D eigenvalue weighted by atomic mass is 10.2. The molecule has 192 valence electrons. The van der Waals surface area contributed by atoms with E-state index in [9.17, 15) is 26.7 Å². The van der Waals surface area contributed by atoms with Crippen molar-refractivity contribution in [2.45, 2.75) is 18.8 Å². The Hall–Kier alpha value is -4.28. The topological polar surface area (TPSA) is 89.2 Å². The first-order chi connectivity index (χ1) is 17.5. The van der Waals surface area contributed by atoms with E-state index in [-0.39, 0.29) is 11.4 Å². The molecule has 2 aromatic carbocycles. The lowest BCUT2D eigenvalue weighted by molar-refractivity contribution is -0.142. The first-order valence-electron chi connectivity index (χ1n) is 10.8. The molecule has 0 fully saturated rings. The Morgan fingerprint density at radius 1 is 1.16 bits per heavy atom. The van der Waals surface area contributed by atoms with Gasteiger partial charge in [0.1, 0.15) is 35.3 Å². The predicted octanol–water partition coefficient (Wildman–Crippen LogP) is 3.86. The Balaban J connectivity index is 1.62. The third-order valence-corrected chi connectivity index (χ3v) is 5.40. The smallest absolute Gasteiger partial charge is 0.318 e. The van der Waals surface area contributed by atoms with E-state index in [0.717, 1.165) is 29.3 Å². The van der Waals surface area contributed by atoms with Crippen molar-refractivity contribution in [3.8, 4) is 11.8 Å². The summed E-state index contributed by atoms with van der Waals surface area (Å²) in [6, 6.07) is 6.31. The number of halogens is 5. The van der Waals surface area contributed by atoms with Gasteiger partial charge in [0, 0.05) is 24.1 Å². The van der Waals surface area contributed by atoms with E-state index in [1.54, 1.807) is 23.0 Å². The second-order valence-electron chi connectivity index (χ2n) is 8.38. The van der Waals surface area contributed by atoms with Crippen molar-refractivity contribution in [1.82, 2.24) is 19.9 Å². The lowest BCUT2D eigenvalue weighted by Crippen LogP contribution is -2.45. The molecule has 0 radical (unpaired) electrons. The molecule has 0 saturated heterocycles. The van der Waals surface area contributed by atoms with Crippen LogP contribution in [0.5, 0.6) is 0 Å². The van der Waals surface area contributed by atoms with Crippen LogP contribution in [-0.4, -0.2) is 46.7 Å². The number of imidazole rings is 1. The van der Waals surface area contributed by atoms with Gasteiger partial charge in [-0.2, -0.15) is 18.4 Å². The van der Waals surface area contributed by atoms with E-state index in [4.69, 9.17) is 5.26 Å². The third-order valence-electron chi connectivity index (χ3n) is 5.40. The number of amides is 1. The maximum atomic E-state index is 14.9. The number of hydrazine groups is 1. The summed E-state index contributed by atoms with van der Waals surface area (Å²) in [6.07, 6.45) is -0.935. The van der Waals surface area contributed by atoms with Crippen molar-refractivity contribution in [3.63, 3.8) is 0 Å². The number of alkyl halides is 3. The Labute approximate surface area is 208 Å². The molecule has 1 aliphatic rings. The van der Waals surface area contributed by atoms with Crippen molar-refractivity contribution >= 4 is 17.3 Å². The molecule has 0 aliphatic carbocycles. The summed E-state index contributed by atoms with van der Waals surface area (Å²) in [6.45, 7) is 0.487. The molecule has 37 heavy (non-hydrogen) atoms. The van der Waals surface area contributed by atoms with Gasteiger partial charge >= 0.3 is 6.18 Å². The fourth-order valence-electron chi connectivity index (χ4n) is 3.69. The van der Waals surface area contributed by atoms with Crippen molar-refractivity contribution in [1.29, 1.82) is 5.26 Å². The van der Waals surface area contributed by atoms with Crippen LogP contribution in [0.15, 0.2) is 60.6 Å². The van der Waals surface area contributed by atoms with E-state index >= 15 is 0 Å². The summed E-state index contributed by atoms with van der Waals surface area (Å²) >= 11 is 0. The second-order valence-corrected chi connectivity index (χ2v) is 8.38. The zero-order valence-corrected chi connectivity index (χ0v) is 19.5. The quantitative estimate of drug-likeness (QED) is 0.483. The molecular formula is C24H20F5N7O. The number of nitrogens with one attached hydrogen (secondary N) is 2. The maximum absolute atomic E-state index is 14.9. The van der Waals surface area contributed by atoms with E-state index < -0.39 is 41.0 Å². The average Bonchev–Trinajstić information content (AvgIpc) is 3.48. The molecule has 2 heterocycles. The number of nitriles is 1. The number of anilines is 2. The summed E-state index contributed by atoms with van der Waals surface area (Å²) in [5.74, 6) is -2.10. The highest BCUT2D eigenvalue weighted by Gasteiger charge is 2.45. The third kappa shape index (κ3) is 5.45. The molecule has 3 aromatic rings. The van der Waals surface area contributed by atoms with Crippen LogP contribution in [0.2, 0.25) is 0 Å². The van der Waals surface area contributed by atoms with Crippen LogP contribution in [0.25, 0.3) is 5.69 Å². The van der Waals surface area contributed by atoms with Gasteiger partial charge in [0.15, 0.2) is 0 Å². The first-order valence-corrected chi connectivity index (χ1v) is 10.8. The van der Waals surface area contributed by atoms with Gasteiger partial charge in [-0.05, 0) is 50.5 Å². The molecule has 0 saturated carbocycles. The Morgan fingerprint density at radius 2 is 1.89 bits per heavy atom. The maximum Gasteiger partial charge on any atom is 0.409 e. The molecule has 13 heteroatoms. The van der Waals surface area contributed by atoms with Gasteiger partial charge in [-0.25, -0.2) is 19.2 Å². The molecule has 2 N–H and O–H groups in total. The van der Waals surface area contributed by atoms with E-state index in [1.807, 2.05) is 19.0 Å². The number of carbonyl (C=O) groups excluding carboxylic acids is 1. The monoisotopic (exact) mass is 517 g/mol. The fourth-order valence-corrected chi connectivity index (χ4v) is 3.69. The van der Waals surface area contributed by atoms with Gasteiger partial charge < -0.3 is 14.8 Å². The van der Waals surface area contributed by atoms with E-state index in [2.05, 4.69) is 15.7 Å². The molecule has 1 unspecified atom stereocenters. The molecule has 0 bridgehead atoms. The normalized spacial score (nSPS) is 15.6. The summed E-state index contributed by atoms with van der Waals surface area (Å²) < 4.78 is 70.6. The average molecular weight is 517 g/mol. The van der Waals surface area contributed by atoms with E-state index in [1.165, 1.54) is 12.1 Å². The van der Waals surface area contributed by atoms with Crippen molar-refractivity contribution < 1.29 is 26.7 Å². The van der Waals surface area contributed by atoms with Crippen molar-refractivity contribution in [2.75, 3.05) is 24.4 Å². The molecule has 0 spiro atoms. The number of hydrogen-bond acceptors (Lipinski definition) is 6. The summed E-state index contributed by atoms with van der Waals surface area (Å²) in [5.41, 5.74) is 1.25. The molecule has 1 atom stereocenters. The Bertz CT molecular complexity index is 1410. The van der Waals surface area contributed by atoms with Gasteiger partial charge in [0.2, 0.25) is 0 Å². The summed E-state index contributed by atoms with van der Waals surface area (Å²) in [4.78, 5) is 19.1. The van der Waals surface area contributed by atoms with Gasteiger partial charge in [-0.1, -0.05) is 0 Å². The lowest BCUT2D eigenvalue weighted by Gasteiger charge is -2.24. The molecule has 4 rings (SSSR count). The zero-order chi connectivity index (χ0) is 26.9. The number of benzene rings is 2. The van der Waals surface area contributed by atoms with Gasteiger partial charge in [-0.3, -0.25) is 9.80 Å². The zero-order valence-electron chi connectivity index (χ0n) is 19.5. The second kappa shape index (κ2) is 10.00. The Kier molecular flexibility index (Phi) is 6.97. The largest absolute Gasteiger partial charge is 0.409 e. The number of hydrogen-bond donors (Lipinski definition) is 2. The van der Waals surface area contributed by atoms with Crippen LogP contribution in [0.3, 0.4) is 0 Å². The van der Waals surface area contributed by atoms with E-state index in [0.29, 0.717) is 24.1 Å². The minimum atomic E-state index is -4.76. The van der Waals surface area contributed by atoms with Crippen molar-refractivity contribution in [2.24, 2.45) is 0 Å². The molecular weight excluding hydrogens is 497 g/mol. The minimum Gasteiger partial charge on any atom is -0.318 e. The fraction of sp³-hybridized carbons (Fsp3) is 0.208. The summed E-state index contributed by atoms with van der Waals surface area (Å²) in [7, 11) is 3.70. The highest BCUT2D eigenvalue weighted by atomic mass is 19.4. The standard InChI is InChI=1S/C24H20F5N7O/c1-34(2)13-22-31-7-8-35(22)15-4-6-19(18(26)10-15)32-23(37)20-11-21(24(27,28)29)33-36(20)16-3-5-17(25)14(9-16)12-30/h3-11,21,33H,13H2,1-2H3,(H,32,37). The Morgan fingerprint density at radius 3 is 2.54 bits per heavy atom. The number of aromatic nitrogens is 2. The van der Waals surface area contributed by atoms with Crippen LogP contribution < -0.4 is 15.8 Å². The molecule has 1 aliphatic heterocycles. The van der Waals surface area contributed by atoms with Crippen LogP contribution in [0.1, 0.15) is 11.4 Å². The van der Waals surface area contributed by atoms with Crippen LogP contribution >= 0.6 is 0 Å². The van der Waals surface area contributed by atoms with Gasteiger partial charge in [0.05, 0.1) is 23.5 Å². The highest BCUT2D eigenvalue weighted by Crippen LogP contribution is 2.32. The van der Waals surface area contributed by atoms with Crippen molar-refractivity contribution in [3.05, 3.63) is 83.6 Å². The predicted molar refractivity (Wildman–Crippen MR) is 124 cm³/mol. The summed E-state index contributed by atoms with van der Waals surface area (Å²) in [5, 5.41) is 12.1. The molecule has 1 amide bonds. The van der Waals surface area contributed by atoms with Crippen LogP contribution in [0, 0.1) is 23.0 Å². The van der Waals surface area contributed by atoms with Gasteiger partial charge in [0.25, 0.3) is 5.91 Å². The molecule has 1 aromatic heterocycles. The SMILES string of the molecule is CN(C)Cc1nccn1-c1ccc(NC(=O)C2=CC(C(F)(F)F)NN2c2ccc(F)c(C#N)c2)c(F)c1. The number of nitrogens with zero attached hydrogens (tertiary/aromatic N) is 5.